The maximum atomic E-state index is 12.1. The topological polar surface area (TPSA) is 185 Å². The minimum atomic E-state index is -0.721. The second-order valence-corrected chi connectivity index (χ2v) is 36.3. The second-order valence-electron chi connectivity index (χ2n) is 33.7. The number of hydrogen-bond donors (Lipinski definition) is 4. The number of carboxylic acid groups (broad SMARTS) is 2. The number of carbonyl (C=O) groups is 4. The molecule has 0 aliphatic carbocycles. The first-order chi connectivity index (χ1) is 54.1. The van der Waals surface area contributed by atoms with E-state index in [9.17, 15) is 29.4 Å². The van der Waals surface area contributed by atoms with Crippen molar-refractivity contribution in [2.75, 3.05) is 39.4 Å². The van der Waals surface area contributed by atoms with Crippen LogP contribution in [0.5, 0.6) is 0 Å². The number of aromatic nitrogens is 2. The normalized spacial score (nSPS) is 15.9. The van der Waals surface area contributed by atoms with Crippen LogP contribution in [0.4, 0.5) is 0 Å². The molecule has 113 heavy (non-hydrogen) atoms. The number of furan rings is 1. The number of rotatable bonds is 35. The molecule has 8 heterocycles. The van der Waals surface area contributed by atoms with Crippen molar-refractivity contribution in [2.45, 2.75) is 254 Å². The third kappa shape index (κ3) is 25.9. The van der Waals surface area contributed by atoms with Gasteiger partial charge < -0.3 is 34.1 Å². The van der Waals surface area contributed by atoms with Gasteiger partial charge in [-0.25, -0.2) is 0 Å². The number of unbranched alkanes of at least 4 members (excludes halogenated alkanes) is 5. The molecule has 0 saturated carbocycles. The molecule has 20 heteroatoms. The first kappa shape index (κ1) is 90.2. The summed E-state index contributed by atoms with van der Waals surface area (Å²) in [7, 11) is 0. The number of halogens is 4. The van der Waals surface area contributed by atoms with E-state index in [0.717, 1.165) is 207 Å². The lowest BCUT2D eigenvalue weighted by Gasteiger charge is -2.35. The highest BCUT2D eigenvalue weighted by molar-refractivity contribution is 7.10. The molecule has 4 aliphatic rings. The van der Waals surface area contributed by atoms with Crippen LogP contribution in [0.1, 0.15) is 269 Å². The van der Waals surface area contributed by atoms with Crippen molar-refractivity contribution in [3.63, 3.8) is 0 Å². The van der Waals surface area contributed by atoms with Gasteiger partial charge in [-0.05, 0) is 220 Å². The van der Waals surface area contributed by atoms with E-state index in [2.05, 4.69) is 102 Å². The molecular weight excluding hydrogens is 1520 g/mol. The monoisotopic (exact) mass is 1640 g/mol. The van der Waals surface area contributed by atoms with Crippen molar-refractivity contribution in [1.29, 1.82) is 0 Å². The minimum absolute atomic E-state index is 0.0985. The summed E-state index contributed by atoms with van der Waals surface area (Å²) in [4.78, 5) is 65.3. The predicted molar refractivity (Wildman–Crippen MR) is 460 cm³/mol. The Balaban J connectivity index is 0.000000173. The van der Waals surface area contributed by atoms with E-state index >= 15 is 0 Å². The number of nitrogens with one attached hydrogen (secondary N) is 2. The van der Waals surface area contributed by atoms with E-state index in [1.165, 1.54) is 60.8 Å². The molecule has 4 aromatic carbocycles. The van der Waals surface area contributed by atoms with Crippen LogP contribution in [-0.4, -0.2) is 103 Å². The van der Waals surface area contributed by atoms with E-state index in [1.54, 1.807) is 20.1 Å². The van der Waals surface area contributed by atoms with E-state index in [4.69, 9.17) is 60.3 Å². The molecule has 0 spiro atoms. The number of ether oxygens (including phenoxy) is 2. The molecule has 0 radical (unpaired) electrons. The highest BCUT2D eigenvalue weighted by Crippen LogP contribution is 2.42. The Hall–Kier alpha value is -6.70. The van der Waals surface area contributed by atoms with Crippen LogP contribution in [0.25, 0.3) is 0 Å². The summed E-state index contributed by atoms with van der Waals surface area (Å²) in [5.41, 5.74) is 10.8. The van der Waals surface area contributed by atoms with Gasteiger partial charge in [-0.2, -0.15) is 0 Å². The standard InChI is InChI=1S/C24H33ClN2O2.C24H32ClNO3.C23H30ClNO2S.C22H29ClN2O2/c1-4-29-23(28)24(2,3)14-8-7-11-22(19-9-5-6-10-20(19)25)27-16-13-21-18(17-27)12-15-26-21;1-4-28-23(27)24(2,3)14-8-7-11-21(19-9-5-6-10-20(19)25)26-15-12-22-18(17-26)13-16-29-22;1-23(2,22(26)27)13-7-3-4-10-20(18-8-5-6-9-19(18)24)25-14-11-21-17(16-25)12-15-28-21;1-22(2,21(26)27)12-6-5-9-20(17-7-3-4-8-18(17)23)25-14-11-19-16(15-25)10-13-24-19/h5-6,9-10,12,15,22,26H,4,7-8,11,13-14,16-17H2,1-3H3;5-6,9-10,13,16,21H,4,7-8,11-12,14-15,17H2,1-3H3;5-6,8-9,12,15,20H,3-4,7,10-11,13-14,16H2,1-2H3,(H,26,27);3-4,7-8,10,13,20,24H,5-6,9,11-12,14-15H2,1-2H3,(H,26,27). The first-order valence-electron chi connectivity index (χ1n) is 41.3. The third-order valence-electron chi connectivity index (χ3n) is 23.6. The molecule has 12 rings (SSSR count). The van der Waals surface area contributed by atoms with Crippen LogP contribution in [0.15, 0.2) is 150 Å². The average Bonchev–Trinajstić information content (AvgIpc) is 1.81. The van der Waals surface area contributed by atoms with Gasteiger partial charge in [-0.1, -0.05) is 177 Å². The molecule has 0 saturated heterocycles. The van der Waals surface area contributed by atoms with Gasteiger partial charge in [-0.3, -0.25) is 38.8 Å². The van der Waals surface area contributed by atoms with Crippen molar-refractivity contribution in [3.8, 4) is 0 Å². The molecule has 8 aromatic rings. The predicted octanol–water partition coefficient (Wildman–Crippen LogP) is 24.1. The number of aliphatic carboxylic acids is 2. The number of thiophene rings is 1. The van der Waals surface area contributed by atoms with Crippen LogP contribution < -0.4 is 0 Å². The van der Waals surface area contributed by atoms with Crippen molar-refractivity contribution in [1.82, 2.24) is 29.6 Å². The summed E-state index contributed by atoms with van der Waals surface area (Å²) >= 11 is 28.1. The summed E-state index contributed by atoms with van der Waals surface area (Å²) in [6.45, 7) is 27.5. The number of aromatic amines is 2. The summed E-state index contributed by atoms with van der Waals surface area (Å²) in [5.74, 6) is -0.525. The Morgan fingerprint density at radius 1 is 0.425 bits per heavy atom. The van der Waals surface area contributed by atoms with Crippen LogP contribution in [0.3, 0.4) is 0 Å². The lowest BCUT2D eigenvalue weighted by Crippen LogP contribution is -2.34. The molecule has 4 N–H and O–H groups in total. The number of H-pyrrole nitrogens is 2. The molecule has 0 fully saturated rings. The Morgan fingerprint density at radius 2 is 0.761 bits per heavy atom. The highest BCUT2D eigenvalue weighted by Gasteiger charge is 2.35. The van der Waals surface area contributed by atoms with Crippen LogP contribution in [-0.2, 0) is 80.5 Å². The molecule has 0 amide bonds. The number of nitrogens with zero attached hydrogens (tertiary/aromatic N) is 4. The fourth-order valence-electron chi connectivity index (χ4n) is 16.3. The molecular formula is C93H124Cl4N6O9S. The largest absolute Gasteiger partial charge is 0.481 e. The Kier molecular flexibility index (Phi) is 34.7. The maximum absolute atomic E-state index is 12.1. The highest BCUT2D eigenvalue weighted by atomic mass is 35.5. The van der Waals surface area contributed by atoms with Gasteiger partial charge in [0.15, 0.2) is 0 Å². The number of hydrogen-bond acceptors (Lipinski definition) is 12. The van der Waals surface area contributed by atoms with Gasteiger partial charge in [0.2, 0.25) is 0 Å². The van der Waals surface area contributed by atoms with Gasteiger partial charge in [0.25, 0.3) is 0 Å². The Labute approximate surface area is 697 Å². The molecule has 4 unspecified atom stereocenters. The minimum Gasteiger partial charge on any atom is -0.481 e. The van der Waals surface area contributed by atoms with Gasteiger partial charge >= 0.3 is 23.9 Å². The van der Waals surface area contributed by atoms with E-state index < -0.39 is 33.6 Å². The molecule has 4 atom stereocenters. The Morgan fingerprint density at radius 3 is 1.14 bits per heavy atom. The van der Waals surface area contributed by atoms with Crippen molar-refractivity contribution in [2.24, 2.45) is 21.7 Å². The smallest absolute Gasteiger partial charge is 0.311 e. The van der Waals surface area contributed by atoms with Crippen LogP contribution >= 0.6 is 57.7 Å². The van der Waals surface area contributed by atoms with Crippen LogP contribution in [0, 0.1) is 21.7 Å². The molecule has 4 aliphatic heterocycles. The van der Waals surface area contributed by atoms with Crippen molar-refractivity contribution < 1.29 is 43.3 Å². The molecule has 4 aromatic heterocycles. The van der Waals surface area contributed by atoms with E-state index in [0.29, 0.717) is 25.7 Å². The van der Waals surface area contributed by atoms with Crippen molar-refractivity contribution in [3.05, 3.63) is 232 Å². The summed E-state index contributed by atoms with van der Waals surface area (Å²) in [6.07, 6.45) is 26.2. The van der Waals surface area contributed by atoms with Gasteiger partial charge in [0.1, 0.15) is 5.76 Å². The quantitative estimate of drug-likeness (QED) is 0.0217. The van der Waals surface area contributed by atoms with E-state index in [-0.39, 0.29) is 30.1 Å². The maximum Gasteiger partial charge on any atom is 0.311 e. The lowest BCUT2D eigenvalue weighted by atomic mass is 9.86. The third-order valence-corrected chi connectivity index (χ3v) is 26.0. The summed E-state index contributed by atoms with van der Waals surface area (Å²) in [6, 6.07) is 42.5. The SMILES string of the molecule is CC(C)(CCCCC(c1ccccc1Cl)N1CCc2[nH]ccc2C1)C(=O)O.CC(C)(CCCCCC(c1ccccc1Cl)N1CCc2sccc2C1)C(=O)O.CCOC(=O)C(C)(C)CCCCC(c1ccccc1Cl)N1CCc2[nH]ccc2C1.CCOC(=O)C(C)(C)CCCCC(c1ccccc1Cl)N1CCc2occc2C1. The van der Waals surface area contributed by atoms with Gasteiger partial charge in [0.05, 0.1) is 41.1 Å². The fourth-order valence-corrected chi connectivity index (χ4v) is 18.3. The zero-order valence-electron chi connectivity index (χ0n) is 68.5. The van der Waals surface area contributed by atoms with E-state index in [1.807, 2.05) is 134 Å². The lowest BCUT2D eigenvalue weighted by molar-refractivity contribution is -0.154. The zero-order chi connectivity index (χ0) is 81.3. The zero-order valence-corrected chi connectivity index (χ0v) is 72.4. The first-order valence-corrected chi connectivity index (χ1v) is 43.7. The van der Waals surface area contributed by atoms with Gasteiger partial charge in [-0.15, -0.1) is 11.3 Å². The fraction of sp³-hybridized carbons (Fsp3) is 0.527. The van der Waals surface area contributed by atoms with Crippen molar-refractivity contribution >= 4 is 81.6 Å². The number of carboxylic acids is 2. The number of esters is 2. The average molecular weight is 1640 g/mol. The number of fused-ring (bicyclic) bond motifs is 4. The Bertz CT molecular complexity index is 4160. The molecule has 15 nitrogen and oxygen atoms in total. The number of carbonyl (C=O) groups excluding carboxylic acids is 2. The molecule has 0 bridgehead atoms. The molecule has 614 valence electrons. The summed E-state index contributed by atoms with van der Waals surface area (Å²) < 4.78 is 16.0. The second kappa shape index (κ2) is 43.5. The summed E-state index contributed by atoms with van der Waals surface area (Å²) in [5, 5.41) is 24.1. The van der Waals surface area contributed by atoms with Crippen LogP contribution in [0.2, 0.25) is 20.1 Å². The van der Waals surface area contributed by atoms with Gasteiger partial charge in [0, 0.05) is 150 Å². The number of benzene rings is 4.